The number of carbonyl (C=O) groups excluding carboxylic acids is 1. The third kappa shape index (κ3) is 8.78. The Labute approximate surface area is 146 Å². The molecule has 0 bridgehead atoms. The highest BCUT2D eigenvalue weighted by molar-refractivity contribution is 5.81. The average molecular weight is 344 g/mol. The van der Waals surface area contributed by atoms with Crippen LogP contribution in [-0.4, -0.2) is 39.3 Å². The highest BCUT2D eigenvalue weighted by atomic mass is 16.4. The van der Waals surface area contributed by atoms with E-state index in [4.69, 9.17) is 5.11 Å². The molecule has 3 N–H and O–H groups in total. The molecule has 0 spiro atoms. The minimum Gasteiger partial charge on any atom is -0.481 e. The van der Waals surface area contributed by atoms with Gasteiger partial charge in [0, 0.05) is 12.3 Å². The minimum atomic E-state index is -0.824. The van der Waals surface area contributed by atoms with Crippen molar-refractivity contribution >= 4 is 11.8 Å². The van der Waals surface area contributed by atoms with Crippen molar-refractivity contribution in [2.45, 2.75) is 85.4 Å². The summed E-state index contributed by atoms with van der Waals surface area (Å²) in [4.78, 5) is 23.0. The first-order chi connectivity index (χ1) is 11.1. The average Bonchev–Trinajstić information content (AvgIpc) is 2.50. The smallest absolute Gasteiger partial charge is 0.306 e. The van der Waals surface area contributed by atoms with Crippen molar-refractivity contribution in [3.8, 4) is 0 Å². The quantitative estimate of drug-likeness (QED) is 0.477. The second kappa shape index (κ2) is 11.6. The maximum Gasteiger partial charge on any atom is 0.306 e. The van der Waals surface area contributed by atoms with E-state index >= 15 is 0 Å². The zero-order valence-corrected chi connectivity index (χ0v) is 15.9. The molecule has 0 aliphatic carbocycles. The Morgan fingerprint density at radius 3 is 2.04 bits per heavy atom. The molecule has 0 saturated carbocycles. The molecule has 24 heavy (non-hydrogen) atoms. The largest absolute Gasteiger partial charge is 0.481 e. The first-order valence-electron chi connectivity index (χ1n) is 9.21. The topological polar surface area (TPSA) is 94.8 Å². The van der Waals surface area contributed by atoms with Crippen LogP contribution in [0.15, 0.2) is 0 Å². The van der Waals surface area contributed by atoms with Crippen molar-refractivity contribution in [3.63, 3.8) is 0 Å². The molecule has 0 aliphatic rings. The van der Waals surface area contributed by atoms with Crippen LogP contribution in [0, 0.1) is 23.7 Å². The fraction of sp³-hybridized carbons (Fsp3) is 0.895. The molecule has 0 rings (SSSR count). The summed E-state index contributed by atoms with van der Waals surface area (Å²) in [7, 11) is 0. The van der Waals surface area contributed by atoms with Gasteiger partial charge in [0.2, 0.25) is 0 Å². The van der Waals surface area contributed by atoms with Gasteiger partial charge in [-0.15, -0.1) is 0 Å². The van der Waals surface area contributed by atoms with Gasteiger partial charge in [0.15, 0.2) is 0 Å². The molecule has 0 fully saturated rings. The maximum absolute atomic E-state index is 12.2. The van der Waals surface area contributed by atoms with Crippen molar-refractivity contribution in [3.05, 3.63) is 0 Å². The van der Waals surface area contributed by atoms with Gasteiger partial charge in [-0.3, -0.25) is 9.59 Å². The summed E-state index contributed by atoms with van der Waals surface area (Å²) in [5.74, 6) is -1.50. The minimum absolute atomic E-state index is 0.0175. The first kappa shape index (κ1) is 23.1. The van der Waals surface area contributed by atoms with Gasteiger partial charge in [-0.2, -0.15) is 0 Å². The Kier molecular flexibility index (Phi) is 11.1. The second-order valence-electron chi connectivity index (χ2n) is 7.52. The van der Waals surface area contributed by atoms with Gasteiger partial charge in [0.05, 0.1) is 18.1 Å². The number of rotatable bonds is 13. The normalized spacial score (nSPS) is 19.1. The fourth-order valence-electron chi connectivity index (χ4n) is 3.23. The summed E-state index contributed by atoms with van der Waals surface area (Å²) in [6, 6.07) is 0. The molecule has 5 nitrogen and oxygen atoms in total. The predicted molar refractivity (Wildman–Crippen MR) is 94.7 cm³/mol. The molecule has 0 aromatic carbocycles. The lowest BCUT2D eigenvalue weighted by Gasteiger charge is -2.24. The van der Waals surface area contributed by atoms with Crippen LogP contribution in [0.4, 0.5) is 0 Å². The number of aliphatic hydroxyl groups is 2. The standard InChI is InChI=1S/C19H36O5/c1-6-7-13(3)18(22)15(5)17(21)9-8-16(20)11-12(2)10-14(4)19(23)24/h12-16,18,20,22H,6-11H2,1-5H3,(H,23,24)/t12-,13-,14?,15?,16?,18?/m0/s1. The molecule has 0 aliphatic heterocycles. The molecule has 4 unspecified atom stereocenters. The van der Waals surface area contributed by atoms with Crippen LogP contribution in [0.5, 0.6) is 0 Å². The van der Waals surface area contributed by atoms with E-state index < -0.39 is 30.0 Å². The Bertz CT molecular complexity index is 382. The van der Waals surface area contributed by atoms with E-state index in [0.717, 1.165) is 12.8 Å². The molecular formula is C19H36O5. The Balaban J connectivity index is 4.22. The molecule has 0 saturated heterocycles. The number of carboxylic acids is 1. The number of carbonyl (C=O) groups is 2. The van der Waals surface area contributed by atoms with E-state index in [-0.39, 0.29) is 24.0 Å². The van der Waals surface area contributed by atoms with Crippen LogP contribution >= 0.6 is 0 Å². The van der Waals surface area contributed by atoms with E-state index in [1.165, 1.54) is 0 Å². The lowest BCUT2D eigenvalue weighted by Crippen LogP contribution is -2.31. The highest BCUT2D eigenvalue weighted by Gasteiger charge is 2.26. The van der Waals surface area contributed by atoms with Gasteiger partial charge in [-0.25, -0.2) is 0 Å². The lowest BCUT2D eigenvalue weighted by molar-refractivity contribution is -0.141. The van der Waals surface area contributed by atoms with Gasteiger partial charge in [-0.1, -0.05) is 41.0 Å². The van der Waals surface area contributed by atoms with E-state index in [2.05, 4.69) is 6.92 Å². The third-order valence-electron chi connectivity index (χ3n) is 4.92. The van der Waals surface area contributed by atoms with Crippen molar-refractivity contribution < 1.29 is 24.9 Å². The van der Waals surface area contributed by atoms with Crippen molar-refractivity contribution in [1.82, 2.24) is 0 Å². The van der Waals surface area contributed by atoms with Gasteiger partial charge < -0.3 is 15.3 Å². The number of carboxylic acid groups (broad SMARTS) is 1. The van der Waals surface area contributed by atoms with Crippen LogP contribution in [0.2, 0.25) is 0 Å². The van der Waals surface area contributed by atoms with Crippen LogP contribution < -0.4 is 0 Å². The third-order valence-corrected chi connectivity index (χ3v) is 4.92. The number of aliphatic carboxylic acids is 1. The summed E-state index contributed by atoms with van der Waals surface area (Å²) in [6.45, 7) is 9.35. The predicted octanol–water partition coefficient (Wildman–Crippen LogP) is 3.27. The van der Waals surface area contributed by atoms with Crippen molar-refractivity contribution in [2.75, 3.05) is 0 Å². The number of hydrogen-bond acceptors (Lipinski definition) is 4. The highest BCUT2D eigenvalue weighted by Crippen LogP contribution is 2.22. The van der Waals surface area contributed by atoms with Crippen LogP contribution in [0.3, 0.4) is 0 Å². The molecule has 0 radical (unpaired) electrons. The van der Waals surface area contributed by atoms with Crippen LogP contribution in [0.1, 0.15) is 73.1 Å². The van der Waals surface area contributed by atoms with E-state index in [0.29, 0.717) is 19.3 Å². The molecular weight excluding hydrogens is 308 g/mol. The Hall–Kier alpha value is -0.940. The number of aliphatic hydroxyl groups excluding tert-OH is 2. The zero-order valence-electron chi connectivity index (χ0n) is 15.9. The molecule has 0 aromatic heterocycles. The molecule has 142 valence electrons. The van der Waals surface area contributed by atoms with Gasteiger partial charge in [-0.05, 0) is 37.5 Å². The van der Waals surface area contributed by atoms with Crippen molar-refractivity contribution in [1.29, 1.82) is 0 Å². The zero-order chi connectivity index (χ0) is 18.9. The maximum atomic E-state index is 12.2. The van der Waals surface area contributed by atoms with Gasteiger partial charge >= 0.3 is 5.97 Å². The summed E-state index contributed by atoms with van der Waals surface area (Å²) in [6.07, 6.45) is 2.25. The summed E-state index contributed by atoms with van der Waals surface area (Å²) >= 11 is 0. The SMILES string of the molecule is CCC[C@H](C)C(O)C(C)C(=O)CCC(O)C[C@@H](C)CC(C)C(=O)O. The summed E-state index contributed by atoms with van der Waals surface area (Å²) in [5, 5.41) is 29.2. The first-order valence-corrected chi connectivity index (χ1v) is 9.21. The monoisotopic (exact) mass is 344 g/mol. The molecule has 0 aromatic rings. The fourth-order valence-corrected chi connectivity index (χ4v) is 3.23. The summed E-state index contributed by atoms with van der Waals surface area (Å²) in [5.41, 5.74) is 0. The van der Waals surface area contributed by atoms with Crippen LogP contribution in [-0.2, 0) is 9.59 Å². The van der Waals surface area contributed by atoms with E-state index in [1.54, 1.807) is 13.8 Å². The molecule has 0 amide bonds. The van der Waals surface area contributed by atoms with Crippen molar-refractivity contribution in [2.24, 2.45) is 23.7 Å². The molecule has 5 heteroatoms. The number of hydrogen-bond donors (Lipinski definition) is 3. The molecule has 0 heterocycles. The number of ketones is 1. The molecule has 6 atom stereocenters. The lowest BCUT2D eigenvalue weighted by atomic mass is 9.85. The van der Waals surface area contributed by atoms with E-state index in [9.17, 15) is 19.8 Å². The Morgan fingerprint density at radius 2 is 1.54 bits per heavy atom. The second-order valence-corrected chi connectivity index (χ2v) is 7.52. The summed E-state index contributed by atoms with van der Waals surface area (Å²) < 4.78 is 0. The van der Waals surface area contributed by atoms with Gasteiger partial charge in [0.25, 0.3) is 0 Å². The van der Waals surface area contributed by atoms with Gasteiger partial charge in [0.1, 0.15) is 5.78 Å². The van der Waals surface area contributed by atoms with Crippen LogP contribution in [0.25, 0.3) is 0 Å². The Morgan fingerprint density at radius 1 is 0.958 bits per heavy atom. The number of Topliss-reactive ketones (excluding diaryl/α,β-unsaturated/α-hetero) is 1. The van der Waals surface area contributed by atoms with E-state index in [1.807, 2.05) is 13.8 Å².